The van der Waals surface area contributed by atoms with Gasteiger partial charge in [-0.25, -0.2) is 0 Å². The molecule has 2 aromatic rings. The molecule has 1 aromatic carbocycles. The third-order valence-corrected chi connectivity index (χ3v) is 8.64. The maximum absolute atomic E-state index is 12.4. The molecule has 1 aromatic heterocycles. The number of thiol groups is 1. The van der Waals surface area contributed by atoms with E-state index in [4.69, 9.17) is 0 Å². The van der Waals surface area contributed by atoms with Gasteiger partial charge in [0.15, 0.2) is 0 Å². The highest BCUT2D eigenvalue weighted by Gasteiger charge is 2.25. The van der Waals surface area contributed by atoms with Crippen molar-refractivity contribution in [1.29, 1.82) is 0 Å². The molecule has 242 valence electrons. The molecule has 4 amide bonds. The van der Waals surface area contributed by atoms with Crippen molar-refractivity contribution in [2.24, 2.45) is 5.92 Å². The molecule has 0 radical (unpaired) electrons. The number of aromatic hydroxyl groups is 1. The number of H-pyrrole nitrogens is 1. The van der Waals surface area contributed by atoms with Crippen LogP contribution >= 0.6 is 12.6 Å². The highest BCUT2D eigenvalue weighted by molar-refractivity contribution is 7.80. The van der Waals surface area contributed by atoms with Crippen LogP contribution in [-0.4, -0.2) is 76.7 Å². The average Bonchev–Trinajstić information content (AvgIpc) is 3.59. The van der Waals surface area contributed by atoms with E-state index in [-0.39, 0.29) is 17.7 Å². The fourth-order valence-corrected chi connectivity index (χ4v) is 6.16. The Morgan fingerprint density at radius 1 is 1.07 bits per heavy atom. The highest BCUT2D eigenvalue weighted by atomic mass is 32.1. The largest absolute Gasteiger partial charge is 0.508 e. The zero-order valence-electron chi connectivity index (χ0n) is 26.2. The number of hydrogen-bond donors (Lipinski definition) is 5. The Balaban J connectivity index is 1.22. The number of fused-ring (bicyclic) bond motifs is 1. The summed E-state index contributed by atoms with van der Waals surface area (Å²) < 4.78 is 0. The number of amides is 4. The van der Waals surface area contributed by atoms with Crippen LogP contribution in [0.2, 0.25) is 0 Å². The van der Waals surface area contributed by atoms with E-state index in [0.717, 1.165) is 78.0 Å². The molecule has 1 fully saturated rings. The molecule has 1 atom stereocenters. The SMILES string of the molecule is C/C=C\C(=O)N(C=O)CCCCCC(=O)NCCCCCC(=O)NCC1CCN(Cc2c(O)ccc3c(CC)c(S)[nH]c23)C1. The maximum Gasteiger partial charge on any atom is 0.252 e. The predicted molar refractivity (Wildman–Crippen MR) is 176 cm³/mol. The van der Waals surface area contributed by atoms with Crippen molar-refractivity contribution in [2.75, 3.05) is 32.7 Å². The van der Waals surface area contributed by atoms with Gasteiger partial charge in [0.2, 0.25) is 18.2 Å². The van der Waals surface area contributed by atoms with E-state index < -0.39 is 0 Å². The van der Waals surface area contributed by atoms with Gasteiger partial charge in [-0.15, -0.1) is 12.6 Å². The molecule has 3 rings (SSSR count). The predicted octanol–water partition coefficient (Wildman–Crippen LogP) is 4.46. The third-order valence-electron chi connectivity index (χ3n) is 8.26. The Bertz CT molecular complexity index is 1290. The van der Waals surface area contributed by atoms with Crippen molar-refractivity contribution in [3.8, 4) is 5.75 Å². The molecule has 0 aliphatic carbocycles. The fourth-order valence-electron chi connectivity index (χ4n) is 5.76. The van der Waals surface area contributed by atoms with Gasteiger partial charge in [-0.3, -0.25) is 29.0 Å². The fraction of sp³-hybridized carbons (Fsp3) is 0.576. The number of nitrogens with zero attached hydrogens (tertiary/aromatic N) is 2. The number of hydrogen-bond acceptors (Lipinski definition) is 7. The second-order valence-corrected chi connectivity index (χ2v) is 12.0. The summed E-state index contributed by atoms with van der Waals surface area (Å²) in [5.74, 6) is 0.422. The summed E-state index contributed by atoms with van der Waals surface area (Å²) in [6.07, 6.45) is 10.9. The number of aromatic amines is 1. The summed E-state index contributed by atoms with van der Waals surface area (Å²) in [7, 11) is 0. The van der Waals surface area contributed by atoms with Gasteiger partial charge in [-0.1, -0.05) is 25.8 Å². The second-order valence-electron chi connectivity index (χ2n) is 11.6. The Kier molecular flexibility index (Phi) is 14.8. The molecule has 1 saturated heterocycles. The lowest BCUT2D eigenvalue weighted by atomic mass is 10.1. The van der Waals surface area contributed by atoms with Gasteiger partial charge in [0.25, 0.3) is 5.91 Å². The molecule has 44 heavy (non-hydrogen) atoms. The first-order chi connectivity index (χ1) is 21.3. The topological polar surface area (TPSA) is 135 Å². The van der Waals surface area contributed by atoms with E-state index in [9.17, 15) is 24.3 Å². The molecular weight excluding hydrogens is 578 g/mol. The Morgan fingerprint density at radius 2 is 1.80 bits per heavy atom. The Hall–Kier alpha value is -3.31. The molecule has 1 aliphatic heterocycles. The first kappa shape index (κ1) is 35.2. The van der Waals surface area contributed by atoms with Crippen molar-refractivity contribution < 1.29 is 24.3 Å². The summed E-state index contributed by atoms with van der Waals surface area (Å²) >= 11 is 4.58. The van der Waals surface area contributed by atoms with E-state index in [0.29, 0.717) is 69.9 Å². The molecule has 2 heterocycles. The van der Waals surface area contributed by atoms with Gasteiger partial charge in [0, 0.05) is 56.5 Å². The van der Waals surface area contributed by atoms with Crippen LogP contribution in [0.3, 0.4) is 0 Å². The number of imide groups is 1. The average molecular weight is 628 g/mol. The monoisotopic (exact) mass is 627 g/mol. The number of rotatable bonds is 19. The lowest BCUT2D eigenvalue weighted by molar-refractivity contribution is -0.134. The van der Waals surface area contributed by atoms with Crippen LogP contribution < -0.4 is 10.6 Å². The van der Waals surface area contributed by atoms with Gasteiger partial charge >= 0.3 is 0 Å². The number of benzene rings is 1. The molecule has 1 unspecified atom stereocenters. The zero-order valence-corrected chi connectivity index (χ0v) is 27.1. The first-order valence-corrected chi connectivity index (χ1v) is 16.4. The maximum atomic E-state index is 12.4. The zero-order chi connectivity index (χ0) is 31.9. The van der Waals surface area contributed by atoms with Crippen LogP contribution in [0.25, 0.3) is 10.9 Å². The van der Waals surface area contributed by atoms with Crippen LogP contribution in [0, 0.1) is 5.92 Å². The molecular formula is C33H49N5O5S. The molecule has 0 saturated carbocycles. The normalized spacial score (nSPS) is 15.2. The summed E-state index contributed by atoms with van der Waals surface area (Å²) in [5, 5.41) is 18.6. The third kappa shape index (κ3) is 10.7. The van der Waals surface area contributed by atoms with Crippen molar-refractivity contribution >= 4 is 47.7 Å². The van der Waals surface area contributed by atoms with Crippen LogP contribution in [0.4, 0.5) is 0 Å². The number of aromatic nitrogens is 1. The number of aryl methyl sites for hydroxylation is 1. The van der Waals surface area contributed by atoms with Gasteiger partial charge in [0.05, 0.1) is 10.5 Å². The summed E-state index contributed by atoms with van der Waals surface area (Å²) in [6, 6.07) is 3.73. The minimum atomic E-state index is -0.322. The number of likely N-dealkylation sites (tertiary alicyclic amines) is 1. The van der Waals surface area contributed by atoms with Crippen molar-refractivity contribution in [3.63, 3.8) is 0 Å². The van der Waals surface area contributed by atoms with Crippen LogP contribution in [-0.2, 0) is 32.1 Å². The minimum absolute atomic E-state index is 0.00236. The molecule has 0 bridgehead atoms. The smallest absolute Gasteiger partial charge is 0.252 e. The van der Waals surface area contributed by atoms with Crippen molar-refractivity contribution in [1.82, 2.24) is 25.4 Å². The molecule has 11 heteroatoms. The number of carbonyl (C=O) groups excluding carboxylic acids is 4. The summed E-state index contributed by atoms with van der Waals surface area (Å²) in [6.45, 7) is 7.89. The quantitative estimate of drug-likeness (QED) is 0.0676. The number of unbranched alkanes of at least 4 members (excludes halogenated alkanes) is 4. The number of carbonyl (C=O) groups is 4. The lowest BCUT2D eigenvalue weighted by Crippen LogP contribution is -2.30. The lowest BCUT2D eigenvalue weighted by Gasteiger charge is -2.18. The molecule has 1 aliphatic rings. The summed E-state index contributed by atoms with van der Waals surface area (Å²) in [4.78, 5) is 54.0. The summed E-state index contributed by atoms with van der Waals surface area (Å²) in [5.41, 5.74) is 3.02. The van der Waals surface area contributed by atoms with E-state index in [1.54, 1.807) is 19.1 Å². The van der Waals surface area contributed by atoms with Gasteiger partial charge in [0.1, 0.15) is 5.75 Å². The Morgan fingerprint density at radius 3 is 2.50 bits per heavy atom. The van der Waals surface area contributed by atoms with E-state index in [1.165, 1.54) is 11.6 Å². The second kappa shape index (κ2) is 18.5. The number of phenolic OH excluding ortho intramolecular Hbond substituents is 1. The minimum Gasteiger partial charge on any atom is -0.508 e. The van der Waals surface area contributed by atoms with Crippen LogP contribution in [0.15, 0.2) is 29.3 Å². The molecule has 0 spiro atoms. The van der Waals surface area contributed by atoms with Gasteiger partial charge < -0.3 is 20.7 Å². The number of nitrogens with one attached hydrogen (secondary N) is 3. The van der Waals surface area contributed by atoms with Crippen molar-refractivity contribution in [2.45, 2.75) is 89.6 Å². The molecule has 10 nitrogen and oxygen atoms in total. The van der Waals surface area contributed by atoms with Crippen LogP contribution in [0.5, 0.6) is 5.75 Å². The van der Waals surface area contributed by atoms with E-state index in [2.05, 4.69) is 40.1 Å². The van der Waals surface area contributed by atoms with E-state index >= 15 is 0 Å². The number of allylic oxidation sites excluding steroid dienone is 1. The molecule has 4 N–H and O–H groups in total. The van der Waals surface area contributed by atoms with Crippen molar-refractivity contribution in [3.05, 3.63) is 35.4 Å². The highest BCUT2D eigenvalue weighted by Crippen LogP contribution is 2.34. The standard InChI is InChI=1S/C33H49N5O5S/c1-3-11-31(43)38(23-39)18-10-6-8-12-29(41)34-17-9-5-7-13-30(42)35-20-24-16-19-37(21-24)22-27-28(40)15-14-26-25(4-2)33(44)36-32(26)27/h3,11,14-15,23-24,36,40,44H,4-10,12-13,16-22H2,1-2H3,(H,34,41)(H,35,42)/b11-3-. The number of phenols is 1. The van der Waals surface area contributed by atoms with Crippen LogP contribution in [0.1, 0.15) is 82.8 Å². The first-order valence-electron chi connectivity index (χ1n) is 16.0. The van der Waals surface area contributed by atoms with E-state index in [1.807, 2.05) is 6.07 Å². The Labute approximate surface area is 266 Å². The van der Waals surface area contributed by atoms with Gasteiger partial charge in [-0.2, -0.15) is 0 Å². The van der Waals surface area contributed by atoms with Gasteiger partial charge in [-0.05, 0) is 81.7 Å².